The third kappa shape index (κ3) is 4.99. The topological polar surface area (TPSA) is 111 Å². The molecule has 1 aromatic carbocycles. The fraction of sp³-hybridized carbons (Fsp3) is 0.429. The van der Waals surface area contributed by atoms with Gasteiger partial charge in [0.2, 0.25) is 15.9 Å². The second kappa shape index (κ2) is 9.78. The number of benzene rings is 1. The Morgan fingerprint density at radius 2 is 1.94 bits per heavy atom. The first-order valence-corrected chi connectivity index (χ1v) is 12.7. The van der Waals surface area contributed by atoms with Gasteiger partial charge in [0, 0.05) is 10.9 Å². The van der Waals surface area contributed by atoms with Crippen molar-refractivity contribution in [1.29, 1.82) is 0 Å². The molecular formula is C21H26N2O7S2. The van der Waals surface area contributed by atoms with Crippen molar-refractivity contribution in [3.8, 4) is 11.5 Å². The highest BCUT2D eigenvalue weighted by molar-refractivity contribution is 7.92. The summed E-state index contributed by atoms with van der Waals surface area (Å²) in [5.74, 6) is -0.400. The molecule has 0 fully saturated rings. The van der Waals surface area contributed by atoms with Crippen molar-refractivity contribution in [2.24, 2.45) is 0 Å². The number of hydrogen-bond donors (Lipinski definition) is 1. The molecule has 1 amide bonds. The summed E-state index contributed by atoms with van der Waals surface area (Å²) in [6.45, 7) is 1.43. The van der Waals surface area contributed by atoms with Crippen LogP contribution in [0.15, 0.2) is 18.2 Å². The van der Waals surface area contributed by atoms with Crippen molar-refractivity contribution in [2.45, 2.75) is 26.2 Å². The molecule has 1 heterocycles. The van der Waals surface area contributed by atoms with Gasteiger partial charge in [-0.05, 0) is 43.9 Å². The van der Waals surface area contributed by atoms with E-state index < -0.39 is 28.4 Å². The van der Waals surface area contributed by atoms with Crippen LogP contribution in [-0.2, 0) is 32.4 Å². The Kier molecular flexibility index (Phi) is 7.29. The number of sulfonamides is 1. The highest BCUT2D eigenvalue weighted by Gasteiger charge is 2.30. The van der Waals surface area contributed by atoms with Crippen LogP contribution in [0.1, 0.15) is 34.1 Å². The van der Waals surface area contributed by atoms with E-state index in [9.17, 15) is 18.0 Å². The van der Waals surface area contributed by atoms with Crippen LogP contribution in [-0.4, -0.2) is 53.9 Å². The molecule has 3 rings (SSSR count). The molecular weight excluding hydrogens is 456 g/mol. The molecule has 9 nitrogen and oxygen atoms in total. The van der Waals surface area contributed by atoms with E-state index in [4.69, 9.17) is 14.2 Å². The minimum atomic E-state index is -3.85. The number of nitrogens with zero attached hydrogens (tertiary/aromatic N) is 1. The van der Waals surface area contributed by atoms with Gasteiger partial charge in [0.05, 0.1) is 38.3 Å². The lowest BCUT2D eigenvalue weighted by molar-refractivity contribution is -0.114. The number of hydrogen-bond acceptors (Lipinski definition) is 8. The Bertz CT molecular complexity index is 1130. The lowest BCUT2D eigenvalue weighted by Gasteiger charge is -2.24. The van der Waals surface area contributed by atoms with E-state index in [0.29, 0.717) is 16.3 Å². The van der Waals surface area contributed by atoms with Gasteiger partial charge >= 0.3 is 5.97 Å². The maximum Gasteiger partial charge on any atom is 0.341 e. The molecule has 0 saturated carbocycles. The molecule has 11 heteroatoms. The van der Waals surface area contributed by atoms with Gasteiger partial charge in [0.1, 0.15) is 23.0 Å². The van der Waals surface area contributed by atoms with Crippen LogP contribution in [0.25, 0.3) is 0 Å². The fourth-order valence-corrected chi connectivity index (χ4v) is 5.73. The van der Waals surface area contributed by atoms with Crippen LogP contribution < -0.4 is 19.1 Å². The highest BCUT2D eigenvalue weighted by Crippen LogP contribution is 2.40. The third-order valence-electron chi connectivity index (χ3n) is 5.00. The van der Waals surface area contributed by atoms with Crippen LogP contribution in [0.5, 0.6) is 11.5 Å². The smallest absolute Gasteiger partial charge is 0.341 e. The van der Waals surface area contributed by atoms with Gasteiger partial charge in [0.15, 0.2) is 0 Å². The number of nitrogens with one attached hydrogen (secondary N) is 1. The number of esters is 1. The molecule has 0 saturated heterocycles. The molecule has 0 radical (unpaired) electrons. The van der Waals surface area contributed by atoms with Gasteiger partial charge in [0.25, 0.3) is 0 Å². The van der Waals surface area contributed by atoms with Crippen LogP contribution in [0.2, 0.25) is 0 Å². The van der Waals surface area contributed by atoms with Crippen molar-refractivity contribution >= 4 is 43.9 Å². The number of anilines is 2. The molecule has 0 unspecified atom stereocenters. The summed E-state index contributed by atoms with van der Waals surface area (Å²) < 4.78 is 41.7. The number of ether oxygens (including phenoxy) is 3. The van der Waals surface area contributed by atoms with Crippen LogP contribution >= 0.6 is 11.3 Å². The number of fused-ring (bicyclic) bond motifs is 1. The minimum absolute atomic E-state index is 0.170. The summed E-state index contributed by atoms with van der Waals surface area (Å²) in [4.78, 5) is 26.5. The van der Waals surface area contributed by atoms with Crippen molar-refractivity contribution in [1.82, 2.24) is 0 Å². The number of amides is 1. The molecule has 0 atom stereocenters. The number of aryl methyl sites for hydroxylation is 1. The summed E-state index contributed by atoms with van der Waals surface area (Å²) in [7, 11) is -0.984. The summed E-state index contributed by atoms with van der Waals surface area (Å²) >= 11 is 1.33. The van der Waals surface area contributed by atoms with Crippen molar-refractivity contribution < 1.29 is 32.2 Å². The molecule has 1 aliphatic rings. The Labute approximate surface area is 191 Å². The van der Waals surface area contributed by atoms with E-state index in [0.717, 1.165) is 40.3 Å². The molecule has 2 aromatic rings. The number of thiophene rings is 1. The SMILES string of the molecule is CCOC(=O)c1c(NC(=O)CN(c2cc(OC)ccc2OC)S(C)(=O)=O)sc2c1CCC2. The Morgan fingerprint density at radius 1 is 1.19 bits per heavy atom. The van der Waals surface area contributed by atoms with E-state index in [-0.39, 0.29) is 18.0 Å². The lowest BCUT2D eigenvalue weighted by atomic mass is 10.1. The predicted octanol–water partition coefficient (Wildman–Crippen LogP) is 2.84. The first-order chi connectivity index (χ1) is 15.2. The Hall–Kier alpha value is -2.79. The number of carbonyl (C=O) groups excluding carboxylic acids is 2. The molecule has 32 heavy (non-hydrogen) atoms. The van der Waals surface area contributed by atoms with Gasteiger partial charge in [-0.15, -0.1) is 11.3 Å². The second-order valence-electron chi connectivity index (χ2n) is 7.14. The van der Waals surface area contributed by atoms with E-state index in [1.165, 1.54) is 31.6 Å². The number of carbonyl (C=O) groups is 2. The van der Waals surface area contributed by atoms with E-state index in [1.807, 2.05) is 0 Å². The first-order valence-electron chi connectivity index (χ1n) is 10.0. The van der Waals surface area contributed by atoms with Gasteiger partial charge in [-0.2, -0.15) is 0 Å². The second-order valence-corrected chi connectivity index (χ2v) is 10.1. The third-order valence-corrected chi connectivity index (χ3v) is 7.33. The molecule has 174 valence electrons. The molecule has 1 aromatic heterocycles. The van der Waals surface area contributed by atoms with Crippen molar-refractivity contribution in [3.63, 3.8) is 0 Å². The average molecular weight is 483 g/mol. The van der Waals surface area contributed by atoms with Crippen molar-refractivity contribution in [3.05, 3.63) is 34.2 Å². The highest BCUT2D eigenvalue weighted by atomic mass is 32.2. The summed E-state index contributed by atoms with van der Waals surface area (Å²) in [5, 5.41) is 3.10. The van der Waals surface area contributed by atoms with Crippen molar-refractivity contribution in [2.75, 3.05) is 43.2 Å². The van der Waals surface area contributed by atoms with Gasteiger partial charge in [-0.3, -0.25) is 9.10 Å². The van der Waals surface area contributed by atoms with Gasteiger partial charge in [-0.1, -0.05) is 0 Å². The van der Waals surface area contributed by atoms with E-state index >= 15 is 0 Å². The molecule has 0 aliphatic heterocycles. The van der Waals surface area contributed by atoms with Crippen LogP contribution in [0.4, 0.5) is 10.7 Å². The summed E-state index contributed by atoms with van der Waals surface area (Å²) in [5.41, 5.74) is 1.43. The molecule has 0 bridgehead atoms. The largest absolute Gasteiger partial charge is 0.497 e. The van der Waals surface area contributed by atoms with Crippen LogP contribution in [0.3, 0.4) is 0 Å². The standard InChI is InChI=1S/C21H26N2O7S2/c1-5-30-21(25)19-14-7-6-8-17(14)31-20(19)22-18(24)12-23(32(4,26)27)15-11-13(28-2)9-10-16(15)29-3/h9-11H,5-8,12H2,1-4H3,(H,22,24). The maximum absolute atomic E-state index is 12.9. The maximum atomic E-state index is 12.9. The number of methoxy groups -OCH3 is 2. The molecule has 1 aliphatic carbocycles. The zero-order valence-corrected chi connectivity index (χ0v) is 20.0. The zero-order chi connectivity index (χ0) is 23.5. The quantitative estimate of drug-likeness (QED) is 0.547. The first kappa shape index (κ1) is 23.9. The Balaban J connectivity index is 1.91. The van der Waals surface area contributed by atoms with Gasteiger partial charge in [-0.25, -0.2) is 13.2 Å². The summed E-state index contributed by atoms with van der Waals surface area (Å²) in [6.07, 6.45) is 3.52. The monoisotopic (exact) mass is 482 g/mol. The number of rotatable bonds is 9. The Morgan fingerprint density at radius 3 is 2.56 bits per heavy atom. The van der Waals surface area contributed by atoms with E-state index in [1.54, 1.807) is 19.1 Å². The molecule has 1 N–H and O–H groups in total. The van der Waals surface area contributed by atoms with Gasteiger partial charge < -0.3 is 19.5 Å². The zero-order valence-electron chi connectivity index (χ0n) is 18.4. The summed E-state index contributed by atoms with van der Waals surface area (Å²) in [6, 6.07) is 4.67. The average Bonchev–Trinajstić information content (AvgIpc) is 3.31. The normalized spacial score (nSPS) is 12.8. The molecule has 0 spiro atoms. The predicted molar refractivity (Wildman–Crippen MR) is 123 cm³/mol. The lowest BCUT2D eigenvalue weighted by Crippen LogP contribution is -2.37. The van der Waals surface area contributed by atoms with Crippen LogP contribution in [0, 0.1) is 0 Å². The fourth-order valence-electron chi connectivity index (χ4n) is 3.58. The minimum Gasteiger partial charge on any atom is -0.497 e. The van der Waals surface area contributed by atoms with E-state index in [2.05, 4.69) is 5.32 Å².